The van der Waals surface area contributed by atoms with Crippen molar-refractivity contribution in [1.29, 1.82) is 0 Å². The lowest BCUT2D eigenvalue weighted by Crippen LogP contribution is -2.48. The monoisotopic (exact) mass is 332 g/mol. The SMILES string of the molecule is CCOC(=O)C[C@H](O[Si](C)(C)C(C)(C)C)[C@H]1COC(C)(C)O1. The van der Waals surface area contributed by atoms with Gasteiger partial charge in [-0.1, -0.05) is 20.8 Å². The summed E-state index contributed by atoms with van der Waals surface area (Å²) in [7, 11) is -2.01. The summed E-state index contributed by atoms with van der Waals surface area (Å²) in [6, 6.07) is 0. The highest BCUT2D eigenvalue weighted by Crippen LogP contribution is 2.39. The van der Waals surface area contributed by atoms with Gasteiger partial charge in [0.05, 0.1) is 25.7 Å². The molecule has 0 aromatic rings. The number of esters is 1. The summed E-state index contributed by atoms with van der Waals surface area (Å²) in [5.41, 5.74) is 0. The Labute approximate surface area is 135 Å². The molecule has 0 N–H and O–H groups in total. The van der Waals surface area contributed by atoms with Crippen LogP contribution in [0.1, 0.15) is 48.0 Å². The molecule has 0 bridgehead atoms. The number of carbonyl (C=O) groups is 1. The second-order valence-electron chi connectivity index (χ2n) is 7.79. The Morgan fingerprint density at radius 3 is 2.36 bits per heavy atom. The Bertz CT molecular complexity index is 386. The van der Waals surface area contributed by atoms with Gasteiger partial charge in [-0.2, -0.15) is 0 Å². The molecule has 1 aliphatic rings. The quantitative estimate of drug-likeness (QED) is 0.550. The topological polar surface area (TPSA) is 54.0 Å². The lowest BCUT2D eigenvalue weighted by atomic mass is 10.1. The number of carbonyl (C=O) groups excluding carboxylic acids is 1. The van der Waals surface area contributed by atoms with Gasteiger partial charge in [0.2, 0.25) is 0 Å². The first kappa shape index (κ1) is 19.6. The number of hydrogen-bond donors (Lipinski definition) is 0. The van der Waals surface area contributed by atoms with E-state index in [1.807, 2.05) is 13.8 Å². The lowest BCUT2D eigenvalue weighted by molar-refractivity contribution is -0.158. The van der Waals surface area contributed by atoms with Crippen LogP contribution in [0.3, 0.4) is 0 Å². The van der Waals surface area contributed by atoms with Gasteiger partial charge >= 0.3 is 5.97 Å². The van der Waals surface area contributed by atoms with Crippen LogP contribution in [0.5, 0.6) is 0 Å². The minimum atomic E-state index is -2.01. The maximum absolute atomic E-state index is 11.9. The van der Waals surface area contributed by atoms with E-state index in [2.05, 4.69) is 33.9 Å². The summed E-state index contributed by atoms with van der Waals surface area (Å²) in [6.45, 7) is 17.2. The molecule has 0 amide bonds. The van der Waals surface area contributed by atoms with Crippen molar-refractivity contribution < 1.29 is 23.4 Å². The fraction of sp³-hybridized carbons (Fsp3) is 0.938. The summed E-state index contributed by atoms with van der Waals surface area (Å²) in [6.07, 6.45) is -0.375. The smallest absolute Gasteiger partial charge is 0.308 e. The molecule has 130 valence electrons. The van der Waals surface area contributed by atoms with Crippen molar-refractivity contribution in [2.24, 2.45) is 0 Å². The predicted molar refractivity (Wildman–Crippen MR) is 88.2 cm³/mol. The molecule has 0 spiro atoms. The first-order valence-corrected chi connectivity index (χ1v) is 10.9. The predicted octanol–water partition coefficient (Wildman–Crippen LogP) is 3.48. The fourth-order valence-electron chi connectivity index (χ4n) is 2.09. The summed E-state index contributed by atoms with van der Waals surface area (Å²) in [5.74, 6) is -0.881. The zero-order chi connectivity index (χ0) is 17.2. The van der Waals surface area contributed by atoms with Crippen LogP contribution >= 0.6 is 0 Å². The van der Waals surface area contributed by atoms with Crippen LogP contribution in [0.4, 0.5) is 0 Å². The average molecular weight is 333 g/mol. The fourth-order valence-corrected chi connectivity index (χ4v) is 3.43. The van der Waals surface area contributed by atoms with E-state index in [-0.39, 0.29) is 29.6 Å². The van der Waals surface area contributed by atoms with E-state index in [9.17, 15) is 4.79 Å². The zero-order valence-electron chi connectivity index (χ0n) is 15.3. The molecule has 0 radical (unpaired) electrons. The van der Waals surface area contributed by atoms with Crippen LogP contribution in [-0.2, 0) is 23.4 Å². The van der Waals surface area contributed by atoms with Gasteiger partial charge in [-0.15, -0.1) is 0 Å². The second kappa shape index (κ2) is 6.99. The summed E-state index contributed by atoms with van der Waals surface area (Å²) < 4.78 is 23.1. The van der Waals surface area contributed by atoms with Crippen LogP contribution < -0.4 is 0 Å². The zero-order valence-corrected chi connectivity index (χ0v) is 16.3. The molecule has 22 heavy (non-hydrogen) atoms. The standard InChI is InChI=1S/C16H32O5Si/c1-9-18-14(17)10-12(13-11-19-16(5,6)20-13)21-22(7,8)15(2,3)4/h12-13H,9-11H2,1-8H3/t12-,13+/m0/s1. The maximum atomic E-state index is 11.9. The third kappa shape index (κ3) is 5.33. The van der Waals surface area contributed by atoms with Crippen molar-refractivity contribution in [3.05, 3.63) is 0 Å². The van der Waals surface area contributed by atoms with Crippen molar-refractivity contribution >= 4 is 14.3 Å². The summed E-state index contributed by atoms with van der Waals surface area (Å²) in [5, 5.41) is 0.0644. The normalized spacial score (nSPS) is 23.4. The highest BCUT2D eigenvalue weighted by atomic mass is 28.4. The van der Waals surface area contributed by atoms with Crippen LogP contribution in [0, 0.1) is 0 Å². The highest BCUT2D eigenvalue weighted by molar-refractivity contribution is 6.74. The number of rotatable bonds is 6. The molecule has 1 fully saturated rings. The number of hydrogen-bond acceptors (Lipinski definition) is 5. The molecule has 1 heterocycles. The molecule has 0 aromatic heterocycles. The van der Waals surface area contributed by atoms with Crippen LogP contribution in [-0.4, -0.2) is 45.5 Å². The van der Waals surface area contributed by atoms with Gasteiger partial charge in [0.25, 0.3) is 0 Å². The largest absolute Gasteiger partial charge is 0.466 e. The van der Waals surface area contributed by atoms with E-state index in [4.69, 9.17) is 18.6 Å². The minimum Gasteiger partial charge on any atom is -0.466 e. The van der Waals surface area contributed by atoms with Gasteiger partial charge in [-0.05, 0) is 38.9 Å². The van der Waals surface area contributed by atoms with Gasteiger partial charge in [0.1, 0.15) is 6.10 Å². The highest BCUT2D eigenvalue weighted by Gasteiger charge is 2.45. The Morgan fingerprint density at radius 1 is 1.36 bits per heavy atom. The van der Waals surface area contributed by atoms with Gasteiger partial charge in [0.15, 0.2) is 14.1 Å². The van der Waals surface area contributed by atoms with E-state index in [0.717, 1.165) is 0 Å². The van der Waals surface area contributed by atoms with E-state index in [0.29, 0.717) is 13.2 Å². The van der Waals surface area contributed by atoms with Crippen molar-refractivity contribution in [3.8, 4) is 0 Å². The van der Waals surface area contributed by atoms with Gasteiger partial charge < -0.3 is 18.6 Å². The molecule has 1 saturated heterocycles. The Morgan fingerprint density at radius 2 is 1.95 bits per heavy atom. The molecule has 1 rings (SSSR count). The van der Waals surface area contributed by atoms with Gasteiger partial charge in [-0.25, -0.2) is 0 Å². The Hall–Kier alpha value is -0.433. The van der Waals surface area contributed by atoms with Crippen molar-refractivity contribution in [1.82, 2.24) is 0 Å². The molecule has 0 aliphatic carbocycles. The Balaban J connectivity index is 2.85. The van der Waals surface area contributed by atoms with Crippen molar-refractivity contribution in [2.45, 2.75) is 84.1 Å². The molecule has 2 atom stereocenters. The van der Waals surface area contributed by atoms with Crippen LogP contribution in [0.2, 0.25) is 18.1 Å². The van der Waals surface area contributed by atoms with Gasteiger partial charge in [-0.3, -0.25) is 4.79 Å². The molecule has 1 aliphatic heterocycles. The van der Waals surface area contributed by atoms with E-state index in [1.165, 1.54) is 0 Å². The summed E-state index contributed by atoms with van der Waals surface area (Å²) >= 11 is 0. The molecule has 5 nitrogen and oxygen atoms in total. The van der Waals surface area contributed by atoms with E-state index >= 15 is 0 Å². The molecule has 0 aromatic carbocycles. The second-order valence-corrected chi connectivity index (χ2v) is 12.5. The van der Waals surface area contributed by atoms with Gasteiger partial charge in [0, 0.05) is 0 Å². The minimum absolute atomic E-state index is 0.0644. The van der Waals surface area contributed by atoms with E-state index in [1.54, 1.807) is 6.92 Å². The van der Waals surface area contributed by atoms with Crippen molar-refractivity contribution in [3.63, 3.8) is 0 Å². The van der Waals surface area contributed by atoms with E-state index < -0.39 is 14.1 Å². The van der Waals surface area contributed by atoms with Crippen LogP contribution in [0.25, 0.3) is 0 Å². The molecule has 6 heteroatoms. The van der Waals surface area contributed by atoms with Crippen LogP contribution in [0.15, 0.2) is 0 Å². The Kier molecular flexibility index (Phi) is 6.23. The molecule has 0 saturated carbocycles. The summed E-state index contributed by atoms with van der Waals surface area (Å²) in [4.78, 5) is 11.9. The molecular formula is C16H32O5Si. The third-order valence-corrected chi connectivity index (χ3v) is 8.87. The third-order valence-electron chi connectivity index (χ3n) is 4.37. The number of ether oxygens (including phenoxy) is 3. The first-order chi connectivity index (χ1) is 9.88. The van der Waals surface area contributed by atoms with Crippen molar-refractivity contribution in [2.75, 3.05) is 13.2 Å². The molecular weight excluding hydrogens is 300 g/mol. The molecule has 0 unspecified atom stereocenters. The lowest BCUT2D eigenvalue weighted by Gasteiger charge is -2.40. The maximum Gasteiger partial charge on any atom is 0.308 e. The average Bonchev–Trinajstić information content (AvgIpc) is 2.67. The first-order valence-electron chi connectivity index (χ1n) is 8.03.